The summed E-state index contributed by atoms with van der Waals surface area (Å²) in [6.07, 6.45) is 0.632. The topological polar surface area (TPSA) is 79.2 Å². The molecule has 0 spiro atoms. The molecule has 2 heterocycles. The van der Waals surface area contributed by atoms with Gasteiger partial charge in [0.25, 0.3) is 0 Å². The average molecular weight is 236 g/mol. The van der Waals surface area contributed by atoms with E-state index in [0.717, 1.165) is 11.4 Å². The van der Waals surface area contributed by atoms with Crippen LogP contribution in [0.2, 0.25) is 0 Å². The first-order valence-corrected chi connectivity index (χ1v) is 5.68. The van der Waals surface area contributed by atoms with Crippen LogP contribution in [0.25, 0.3) is 0 Å². The number of aliphatic carboxylic acids is 1. The zero-order valence-corrected chi connectivity index (χ0v) is 10.2. The second-order valence-electron chi connectivity index (χ2n) is 4.45. The normalized spacial score (nSPS) is 24.1. The Hall–Kier alpha value is -1.72. The summed E-state index contributed by atoms with van der Waals surface area (Å²) in [7, 11) is 0. The molecule has 0 saturated carbocycles. The highest BCUT2D eigenvalue weighted by molar-refractivity contribution is 5.72. The fourth-order valence-electron chi connectivity index (χ4n) is 2.12. The molecule has 0 radical (unpaired) electrons. The lowest BCUT2D eigenvalue weighted by atomic mass is 10.0. The van der Waals surface area contributed by atoms with Gasteiger partial charge >= 0.3 is 5.97 Å². The number of carboxylic acids is 1. The van der Waals surface area contributed by atoms with Gasteiger partial charge in [-0.15, -0.1) is 5.10 Å². The Bertz CT molecular complexity index is 449. The highest BCUT2D eigenvalue weighted by atomic mass is 16.4. The second-order valence-corrected chi connectivity index (χ2v) is 4.45. The molecule has 1 N–H and O–H groups in total. The highest BCUT2D eigenvalue weighted by Crippen LogP contribution is 2.27. The van der Waals surface area contributed by atoms with Gasteiger partial charge in [-0.1, -0.05) is 0 Å². The van der Waals surface area contributed by atoms with Gasteiger partial charge in [0.2, 0.25) is 5.95 Å². The van der Waals surface area contributed by atoms with E-state index in [1.54, 1.807) is 0 Å². The van der Waals surface area contributed by atoms with E-state index in [9.17, 15) is 4.79 Å². The fraction of sp³-hybridized carbons (Fsp3) is 0.636. The Morgan fingerprint density at radius 1 is 1.35 bits per heavy atom. The van der Waals surface area contributed by atoms with Crippen LogP contribution < -0.4 is 4.90 Å². The third-order valence-electron chi connectivity index (χ3n) is 3.41. The van der Waals surface area contributed by atoms with Gasteiger partial charge in [-0.2, -0.15) is 5.10 Å². The third-order valence-corrected chi connectivity index (χ3v) is 3.41. The lowest BCUT2D eigenvalue weighted by Crippen LogP contribution is -2.34. The van der Waals surface area contributed by atoms with Gasteiger partial charge in [0, 0.05) is 12.6 Å². The number of aryl methyl sites for hydroxylation is 2. The number of hydrogen-bond acceptors (Lipinski definition) is 5. The van der Waals surface area contributed by atoms with Gasteiger partial charge < -0.3 is 10.0 Å². The van der Waals surface area contributed by atoms with Crippen LogP contribution in [0.4, 0.5) is 5.95 Å². The van der Waals surface area contributed by atoms with Gasteiger partial charge in [0.1, 0.15) is 0 Å². The largest absolute Gasteiger partial charge is 0.481 e. The Labute approximate surface area is 99.7 Å². The third kappa shape index (κ3) is 2.07. The molecule has 17 heavy (non-hydrogen) atoms. The summed E-state index contributed by atoms with van der Waals surface area (Å²) in [5.74, 6) is -0.568. The SMILES string of the molecule is Cc1nnc(N2CCC(C(=O)O)C2C)nc1C. The summed E-state index contributed by atoms with van der Waals surface area (Å²) in [6.45, 7) is 6.29. The summed E-state index contributed by atoms with van der Waals surface area (Å²) < 4.78 is 0. The van der Waals surface area contributed by atoms with Gasteiger partial charge in [0.05, 0.1) is 17.3 Å². The number of carboxylic acid groups (broad SMARTS) is 1. The van der Waals surface area contributed by atoms with E-state index >= 15 is 0 Å². The van der Waals surface area contributed by atoms with E-state index in [4.69, 9.17) is 5.11 Å². The van der Waals surface area contributed by atoms with Gasteiger partial charge in [-0.3, -0.25) is 4.79 Å². The van der Waals surface area contributed by atoms with Crippen molar-refractivity contribution in [2.75, 3.05) is 11.4 Å². The van der Waals surface area contributed by atoms with Crippen molar-refractivity contribution in [3.8, 4) is 0 Å². The van der Waals surface area contributed by atoms with Crippen LogP contribution in [0, 0.1) is 19.8 Å². The molecule has 6 heteroatoms. The van der Waals surface area contributed by atoms with Crippen LogP contribution in [0.15, 0.2) is 0 Å². The Kier molecular flexibility index (Phi) is 2.95. The van der Waals surface area contributed by atoms with Crippen molar-refractivity contribution in [1.29, 1.82) is 0 Å². The first-order chi connectivity index (χ1) is 8.00. The molecular weight excluding hydrogens is 220 g/mol. The van der Waals surface area contributed by atoms with Crippen LogP contribution in [0.1, 0.15) is 24.7 Å². The fourth-order valence-corrected chi connectivity index (χ4v) is 2.12. The molecule has 1 aromatic heterocycles. The van der Waals surface area contributed by atoms with Crippen LogP contribution >= 0.6 is 0 Å². The Balaban J connectivity index is 2.24. The molecule has 2 rings (SSSR count). The van der Waals surface area contributed by atoms with E-state index < -0.39 is 5.97 Å². The molecule has 0 amide bonds. The second kappa shape index (κ2) is 4.27. The van der Waals surface area contributed by atoms with Gasteiger partial charge in [-0.05, 0) is 27.2 Å². The van der Waals surface area contributed by atoms with Crippen molar-refractivity contribution in [2.24, 2.45) is 5.92 Å². The zero-order valence-electron chi connectivity index (χ0n) is 10.2. The van der Waals surface area contributed by atoms with Crippen molar-refractivity contribution in [2.45, 2.75) is 33.2 Å². The van der Waals surface area contributed by atoms with Crippen molar-refractivity contribution < 1.29 is 9.90 Å². The first kappa shape index (κ1) is 11.8. The Morgan fingerprint density at radius 2 is 2.06 bits per heavy atom. The predicted octanol–water partition coefficient (Wildman–Crippen LogP) is 0.788. The summed E-state index contributed by atoms with van der Waals surface area (Å²) in [5, 5.41) is 17.1. The molecule has 1 saturated heterocycles. The quantitative estimate of drug-likeness (QED) is 0.817. The minimum atomic E-state index is -0.753. The van der Waals surface area contributed by atoms with Crippen LogP contribution in [0.5, 0.6) is 0 Å². The predicted molar refractivity (Wildman–Crippen MR) is 61.9 cm³/mol. The van der Waals surface area contributed by atoms with E-state index in [2.05, 4.69) is 15.2 Å². The van der Waals surface area contributed by atoms with Gasteiger partial charge in [-0.25, -0.2) is 4.98 Å². The lowest BCUT2D eigenvalue weighted by Gasteiger charge is -2.22. The smallest absolute Gasteiger partial charge is 0.308 e. The van der Waals surface area contributed by atoms with Crippen molar-refractivity contribution in [3.05, 3.63) is 11.4 Å². The maximum atomic E-state index is 11.0. The minimum Gasteiger partial charge on any atom is -0.481 e. The van der Waals surface area contributed by atoms with E-state index in [1.165, 1.54) is 0 Å². The van der Waals surface area contributed by atoms with Crippen molar-refractivity contribution in [3.63, 3.8) is 0 Å². The molecule has 92 valence electrons. The number of anilines is 1. The average Bonchev–Trinajstić information content (AvgIpc) is 2.64. The van der Waals surface area contributed by atoms with Crippen LogP contribution in [-0.4, -0.2) is 38.8 Å². The number of nitrogens with zero attached hydrogens (tertiary/aromatic N) is 4. The summed E-state index contributed by atoms with van der Waals surface area (Å²) in [6, 6.07) is -0.0867. The van der Waals surface area contributed by atoms with E-state index in [1.807, 2.05) is 25.7 Å². The Morgan fingerprint density at radius 3 is 2.59 bits per heavy atom. The zero-order chi connectivity index (χ0) is 12.6. The summed E-state index contributed by atoms with van der Waals surface area (Å²) >= 11 is 0. The van der Waals surface area contributed by atoms with Crippen molar-refractivity contribution in [1.82, 2.24) is 15.2 Å². The van der Waals surface area contributed by atoms with Crippen molar-refractivity contribution >= 4 is 11.9 Å². The monoisotopic (exact) mass is 236 g/mol. The molecule has 2 unspecified atom stereocenters. The molecule has 1 fully saturated rings. The molecule has 0 bridgehead atoms. The molecule has 2 atom stereocenters. The van der Waals surface area contributed by atoms with Crippen LogP contribution in [-0.2, 0) is 4.79 Å². The highest BCUT2D eigenvalue weighted by Gasteiger charge is 2.37. The van der Waals surface area contributed by atoms with Gasteiger partial charge in [0.15, 0.2) is 0 Å². The molecule has 1 aliphatic rings. The van der Waals surface area contributed by atoms with E-state index in [-0.39, 0.29) is 12.0 Å². The number of rotatable bonds is 2. The standard InChI is InChI=1S/C11H16N4O2/c1-6-7(2)13-14-11(12-6)15-5-4-9(8(15)3)10(16)17/h8-9H,4-5H2,1-3H3,(H,16,17). The van der Waals surface area contributed by atoms with Crippen LogP contribution in [0.3, 0.4) is 0 Å². The molecule has 1 aromatic rings. The molecular formula is C11H16N4O2. The molecule has 6 nitrogen and oxygen atoms in total. The first-order valence-electron chi connectivity index (χ1n) is 5.68. The molecule has 1 aliphatic heterocycles. The number of aromatic nitrogens is 3. The maximum absolute atomic E-state index is 11.0. The van der Waals surface area contributed by atoms with E-state index in [0.29, 0.717) is 18.9 Å². The number of hydrogen-bond donors (Lipinski definition) is 1. The summed E-state index contributed by atoms with van der Waals surface area (Å²) in [4.78, 5) is 17.3. The molecule has 0 aromatic carbocycles. The molecule has 0 aliphatic carbocycles. The number of carbonyl (C=O) groups is 1. The minimum absolute atomic E-state index is 0.0867. The lowest BCUT2D eigenvalue weighted by molar-refractivity contribution is -0.141. The summed E-state index contributed by atoms with van der Waals surface area (Å²) in [5.41, 5.74) is 1.64. The maximum Gasteiger partial charge on any atom is 0.308 e.